The van der Waals surface area contributed by atoms with E-state index >= 15 is 0 Å². The Morgan fingerprint density at radius 1 is 0.892 bits per heavy atom. The Bertz CT molecular complexity index is 1680. The summed E-state index contributed by atoms with van der Waals surface area (Å²) >= 11 is 0. The van der Waals surface area contributed by atoms with Crippen LogP contribution in [0.5, 0.6) is 0 Å². The Balaban J connectivity index is 1.25. The molecule has 1 N–H and O–H groups in total. The van der Waals surface area contributed by atoms with E-state index in [9.17, 15) is 17.6 Å². The van der Waals surface area contributed by atoms with Crippen molar-refractivity contribution in [2.75, 3.05) is 6.26 Å². The molecule has 0 aliphatic carbocycles. The van der Waals surface area contributed by atoms with Crippen LogP contribution in [0, 0.1) is 5.82 Å². The van der Waals surface area contributed by atoms with Crippen molar-refractivity contribution >= 4 is 15.7 Å². The average Bonchev–Trinajstić information content (AvgIpc) is 3.58. The Morgan fingerprint density at radius 2 is 1.62 bits per heavy atom. The largest absolute Gasteiger partial charge is 0.347 e. The van der Waals surface area contributed by atoms with Gasteiger partial charge in [-0.05, 0) is 54.1 Å². The van der Waals surface area contributed by atoms with E-state index in [2.05, 4.69) is 20.5 Å². The summed E-state index contributed by atoms with van der Waals surface area (Å²) in [6.07, 6.45) is 7.93. The normalized spacial score (nSPS) is 11.4. The summed E-state index contributed by atoms with van der Waals surface area (Å²) in [4.78, 5) is 17.4. The first-order chi connectivity index (χ1) is 17.8. The first-order valence-corrected chi connectivity index (χ1v) is 13.1. The van der Waals surface area contributed by atoms with E-state index in [-0.39, 0.29) is 28.9 Å². The van der Waals surface area contributed by atoms with Gasteiger partial charge in [-0.15, -0.1) is 0 Å². The molecule has 0 fully saturated rings. The molecule has 0 saturated carbocycles. The van der Waals surface area contributed by atoms with Crippen molar-refractivity contribution in [1.82, 2.24) is 29.9 Å². The molecular weight excluding hydrogens is 495 g/mol. The number of carbonyl (C=O) groups is 1. The predicted molar refractivity (Wildman–Crippen MR) is 135 cm³/mol. The van der Waals surface area contributed by atoms with Crippen molar-refractivity contribution in [2.45, 2.75) is 11.4 Å². The first-order valence-electron chi connectivity index (χ1n) is 11.2. The maximum atomic E-state index is 13.2. The Kier molecular flexibility index (Phi) is 6.36. The molecule has 5 aromatic rings. The van der Waals surface area contributed by atoms with Gasteiger partial charge in [-0.1, -0.05) is 18.2 Å². The molecule has 0 aliphatic heterocycles. The van der Waals surface area contributed by atoms with Gasteiger partial charge in [0.05, 0.1) is 23.0 Å². The fourth-order valence-electron chi connectivity index (χ4n) is 3.63. The number of aromatic nitrogens is 5. The molecule has 186 valence electrons. The number of nitrogens with one attached hydrogen (secondary N) is 1. The lowest BCUT2D eigenvalue weighted by molar-refractivity contribution is 0.0946. The third-order valence-corrected chi connectivity index (χ3v) is 6.71. The highest BCUT2D eigenvalue weighted by Crippen LogP contribution is 2.20. The van der Waals surface area contributed by atoms with E-state index in [1.165, 1.54) is 24.3 Å². The van der Waals surface area contributed by atoms with E-state index in [0.29, 0.717) is 11.5 Å². The summed E-state index contributed by atoms with van der Waals surface area (Å²) in [5, 5.41) is 11.4. The Hall–Kier alpha value is -4.64. The van der Waals surface area contributed by atoms with Crippen molar-refractivity contribution in [1.29, 1.82) is 0 Å². The molecule has 1 amide bonds. The molecule has 0 saturated heterocycles. The zero-order valence-electron chi connectivity index (χ0n) is 19.6. The van der Waals surface area contributed by atoms with Crippen LogP contribution in [-0.2, 0) is 16.4 Å². The molecule has 0 aliphatic rings. The van der Waals surface area contributed by atoms with Crippen molar-refractivity contribution in [2.24, 2.45) is 0 Å². The van der Waals surface area contributed by atoms with Gasteiger partial charge in [0.1, 0.15) is 11.5 Å². The summed E-state index contributed by atoms with van der Waals surface area (Å²) < 4.78 is 39.6. The Morgan fingerprint density at radius 3 is 2.35 bits per heavy atom. The van der Waals surface area contributed by atoms with Crippen LogP contribution < -0.4 is 5.32 Å². The van der Waals surface area contributed by atoms with Crippen LogP contribution >= 0.6 is 0 Å². The number of pyridine rings is 1. The second-order valence-corrected chi connectivity index (χ2v) is 10.3. The van der Waals surface area contributed by atoms with E-state index in [1.54, 1.807) is 76.6 Å². The van der Waals surface area contributed by atoms with Crippen LogP contribution in [0.1, 0.15) is 16.1 Å². The zero-order chi connectivity index (χ0) is 26.0. The quantitative estimate of drug-likeness (QED) is 0.354. The molecule has 0 atom stereocenters. The Labute approximate surface area is 212 Å². The van der Waals surface area contributed by atoms with Crippen molar-refractivity contribution in [3.8, 4) is 22.6 Å². The van der Waals surface area contributed by atoms with E-state index in [4.69, 9.17) is 0 Å². The maximum absolute atomic E-state index is 13.2. The fraction of sp³-hybridized carbons (Fsp3) is 0.0769. The van der Waals surface area contributed by atoms with E-state index < -0.39 is 9.84 Å². The van der Waals surface area contributed by atoms with Gasteiger partial charge >= 0.3 is 0 Å². The highest BCUT2D eigenvalue weighted by Gasteiger charge is 2.12. The third kappa shape index (κ3) is 5.46. The molecule has 3 aromatic heterocycles. The second kappa shape index (κ2) is 9.78. The van der Waals surface area contributed by atoms with E-state index in [0.717, 1.165) is 22.9 Å². The molecule has 0 unspecified atom stereocenters. The number of nitrogens with zero attached hydrogens (tertiary/aromatic N) is 5. The standard InChI is InChI=1S/C26H21FN6O3S/c1-37(35,36)23-11-9-22(10-12-23)32-16-18(14-29-32)13-28-26(34)24-3-2-4-25(31-24)33-17-20(15-30-33)19-5-7-21(27)8-6-19/h2-12,14-17H,13H2,1H3,(H,28,34). The molecule has 11 heteroatoms. The number of sulfone groups is 1. The lowest BCUT2D eigenvalue weighted by atomic mass is 10.1. The molecule has 0 spiro atoms. The van der Waals surface area contributed by atoms with Crippen molar-refractivity contribution < 1.29 is 17.6 Å². The fourth-order valence-corrected chi connectivity index (χ4v) is 4.26. The van der Waals surface area contributed by atoms with Crippen molar-refractivity contribution in [3.63, 3.8) is 0 Å². The number of hydrogen-bond acceptors (Lipinski definition) is 6. The number of carbonyl (C=O) groups excluding carboxylic acids is 1. The summed E-state index contributed by atoms with van der Waals surface area (Å²) in [5.41, 5.74) is 3.28. The van der Waals surface area contributed by atoms with Crippen LogP contribution in [0.3, 0.4) is 0 Å². The summed E-state index contributed by atoms with van der Waals surface area (Å²) in [6, 6.07) is 17.5. The minimum absolute atomic E-state index is 0.222. The molecule has 5 rings (SSSR count). The number of benzene rings is 2. The average molecular weight is 517 g/mol. The predicted octanol–water partition coefficient (Wildman–Crippen LogP) is 3.59. The van der Waals surface area contributed by atoms with Crippen LogP contribution in [0.2, 0.25) is 0 Å². The third-order valence-electron chi connectivity index (χ3n) is 5.58. The summed E-state index contributed by atoms with van der Waals surface area (Å²) in [5.74, 6) is -0.212. The number of hydrogen-bond donors (Lipinski definition) is 1. The van der Waals surface area contributed by atoms with Crippen molar-refractivity contribution in [3.05, 3.63) is 109 Å². The molecule has 9 nitrogen and oxygen atoms in total. The number of halogens is 1. The van der Waals surface area contributed by atoms with Gasteiger partial charge in [0, 0.05) is 36.3 Å². The topological polar surface area (TPSA) is 112 Å². The minimum Gasteiger partial charge on any atom is -0.347 e. The molecule has 3 heterocycles. The lowest BCUT2D eigenvalue weighted by Crippen LogP contribution is -2.24. The number of rotatable bonds is 7. The minimum atomic E-state index is -3.28. The van der Waals surface area contributed by atoms with E-state index in [1.807, 2.05) is 0 Å². The highest BCUT2D eigenvalue weighted by atomic mass is 32.2. The van der Waals surface area contributed by atoms with Crippen LogP contribution in [0.25, 0.3) is 22.6 Å². The van der Waals surface area contributed by atoms with Gasteiger partial charge in [-0.2, -0.15) is 10.2 Å². The highest BCUT2D eigenvalue weighted by molar-refractivity contribution is 7.90. The van der Waals surface area contributed by atoms with Crippen LogP contribution in [0.15, 0.2) is 96.4 Å². The molecule has 2 aromatic carbocycles. The van der Waals surface area contributed by atoms with Gasteiger partial charge in [0.15, 0.2) is 15.7 Å². The molecular formula is C26H21FN6O3S. The summed E-state index contributed by atoms with van der Waals surface area (Å²) in [6.45, 7) is 0.225. The lowest BCUT2D eigenvalue weighted by Gasteiger charge is -2.06. The van der Waals surface area contributed by atoms with Gasteiger partial charge in [0.2, 0.25) is 0 Å². The smallest absolute Gasteiger partial charge is 0.270 e. The van der Waals surface area contributed by atoms with Gasteiger partial charge in [0.25, 0.3) is 5.91 Å². The molecule has 0 bridgehead atoms. The SMILES string of the molecule is CS(=O)(=O)c1ccc(-n2cc(CNC(=O)c3cccc(-n4cc(-c5ccc(F)cc5)cn4)n3)cn2)cc1. The maximum Gasteiger partial charge on any atom is 0.270 e. The zero-order valence-corrected chi connectivity index (χ0v) is 20.4. The molecule has 0 radical (unpaired) electrons. The van der Waals surface area contributed by atoms with Crippen LogP contribution in [-0.4, -0.2) is 45.1 Å². The summed E-state index contributed by atoms with van der Waals surface area (Å²) in [7, 11) is -3.28. The second-order valence-electron chi connectivity index (χ2n) is 8.30. The van der Waals surface area contributed by atoms with Gasteiger partial charge in [-0.3, -0.25) is 4.79 Å². The molecule has 37 heavy (non-hydrogen) atoms. The monoisotopic (exact) mass is 516 g/mol. The van der Waals surface area contributed by atoms with Gasteiger partial charge < -0.3 is 5.32 Å². The van der Waals surface area contributed by atoms with Crippen LogP contribution in [0.4, 0.5) is 4.39 Å². The number of amides is 1. The van der Waals surface area contributed by atoms with Gasteiger partial charge in [-0.25, -0.2) is 27.2 Å². The first kappa shape index (κ1) is 24.1.